The standard InChI is InChI=1S/C14H22N2O3/c1-9(2)14(18,13(15)17)10(3)16-11-7-5-6-8-12(11)19-4/h5-10,16,18H,1-4H3,(H2,15,17). The number of aliphatic hydroxyl groups is 1. The van der Waals surface area contributed by atoms with Crippen molar-refractivity contribution >= 4 is 11.6 Å². The monoisotopic (exact) mass is 266 g/mol. The lowest BCUT2D eigenvalue weighted by atomic mass is 9.83. The summed E-state index contributed by atoms with van der Waals surface area (Å²) in [6.07, 6.45) is 0. The Morgan fingerprint density at radius 1 is 1.37 bits per heavy atom. The molecule has 1 aromatic carbocycles. The van der Waals surface area contributed by atoms with Crippen LogP contribution in [0.2, 0.25) is 0 Å². The summed E-state index contributed by atoms with van der Waals surface area (Å²) in [4.78, 5) is 11.5. The Morgan fingerprint density at radius 3 is 2.42 bits per heavy atom. The van der Waals surface area contributed by atoms with Gasteiger partial charge in [-0.2, -0.15) is 0 Å². The molecule has 0 aromatic heterocycles. The summed E-state index contributed by atoms with van der Waals surface area (Å²) in [5, 5.41) is 13.6. The van der Waals surface area contributed by atoms with Crippen LogP contribution >= 0.6 is 0 Å². The molecule has 1 rings (SSSR count). The van der Waals surface area contributed by atoms with Gasteiger partial charge in [0.1, 0.15) is 5.75 Å². The van der Waals surface area contributed by atoms with E-state index in [9.17, 15) is 9.90 Å². The van der Waals surface area contributed by atoms with E-state index in [1.165, 1.54) is 0 Å². The van der Waals surface area contributed by atoms with E-state index in [0.717, 1.165) is 0 Å². The Balaban J connectivity index is 3.00. The zero-order valence-electron chi connectivity index (χ0n) is 11.8. The van der Waals surface area contributed by atoms with Crippen LogP contribution in [0.25, 0.3) is 0 Å². The number of hydrogen-bond acceptors (Lipinski definition) is 4. The van der Waals surface area contributed by atoms with Crippen LogP contribution in [0.1, 0.15) is 20.8 Å². The molecule has 1 amide bonds. The Kier molecular flexibility index (Phi) is 4.78. The first-order chi connectivity index (χ1) is 8.83. The second-order valence-electron chi connectivity index (χ2n) is 4.91. The third-order valence-electron chi connectivity index (χ3n) is 3.41. The van der Waals surface area contributed by atoms with Crippen molar-refractivity contribution in [3.05, 3.63) is 24.3 Å². The molecular weight excluding hydrogens is 244 g/mol. The first kappa shape index (κ1) is 15.3. The van der Waals surface area contributed by atoms with E-state index in [0.29, 0.717) is 11.4 Å². The lowest BCUT2D eigenvalue weighted by Crippen LogP contribution is -2.58. The van der Waals surface area contributed by atoms with Gasteiger partial charge in [0.2, 0.25) is 0 Å². The summed E-state index contributed by atoms with van der Waals surface area (Å²) >= 11 is 0. The van der Waals surface area contributed by atoms with Crippen LogP contribution in [-0.4, -0.2) is 29.8 Å². The second-order valence-corrected chi connectivity index (χ2v) is 4.91. The van der Waals surface area contributed by atoms with Crippen LogP contribution in [-0.2, 0) is 4.79 Å². The van der Waals surface area contributed by atoms with Crippen molar-refractivity contribution in [2.24, 2.45) is 11.7 Å². The molecule has 0 saturated carbocycles. The highest BCUT2D eigenvalue weighted by Crippen LogP contribution is 2.28. The van der Waals surface area contributed by atoms with Gasteiger partial charge in [0.25, 0.3) is 5.91 Å². The van der Waals surface area contributed by atoms with Crippen molar-refractivity contribution in [1.82, 2.24) is 0 Å². The fourth-order valence-corrected chi connectivity index (χ4v) is 2.11. The molecule has 106 valence electrons. The van der Waals surface area contributed by atoms with Gasteiger partial charge in [-0.05, 0) is 25.0 Å². The van der Waals surface area contributed by atoms with Crippen LogP contribution in [0.5, 0.6) is 5.75 Å². The fraction of sp³-hybridized carbons (Fsp3) is 0.500. The summed E-state index contributed by atoms with van der Waals surface area (Å²) < 4.78 is 5.22. The summed E-state index contributed by atoms with van der Waals surface area (Å²) in [7, 11) is 1.56. The maximum absolute atomic E-state index is 11.5. The van der Waals surface area contributed by atoms with Gasteiger partial charge in [0, 0.05) is 0 Å². The highest BCUT2D eigenvalue weighted by molar-refractivity contribution is 5.85. The Bertz CT molecular complexity index is 448. The van der Waals surface area contributed by atoms with Crippen molar-refractivity contribution in [1.29, 1.82) is 0 Å². The Morgan fingerprint density at radius 2 is 1.95 bits per heavy atom. The molecular formula is C14H22N2O3. The molecule has 0 bridgehead atoms. The molecule has 2 unspecified atom stereocenters. The number of rotatable bonds is 6. The van der Waals surface area contributed by atoms with E-state index in [4.69, 9.17) is 10.5 Å². The third kappa shape index (κ3) is 2.98. The van der Waals surface area contributed by atoms with Crippen molar-refractivity contribution in [2.75, 3.05) is 12.4 Å². The maximum Gasteiger partial charge on any atom is 0.251 e. The number of nitrogens with two attached hydrogens (primary N) is 1. The van der Waals surface area contributed by atoms with Crippen LogP contribution < -0.4 is 15.8 Å². The van der Waals surface area contributed by atoms with E-state index in [2.05, 4.69) is 5.32 Å². The molecule has 0 fully saturated rings. The second kappa shape index (κ2) is 5.93. The number of methoxy groups -OCH3 is 1. The molecule has 2 atom stereocenters. The van der Waals surface area contributed by atoms with Gasteiger partial charge >= 0.3 is 0 Å². The predicted molar refractivity (Wildman–Crippen MR) is 75.1 cm³/mol. The molecule has 5 nitrogen and oxygen atoms in total. The lowest BCUT2D eigenvalue weighted by Gasteiger charge is -2.35. The minimum atomic E-state index is -1.62. The lowest BCUT2D eigenvalue weighted by molar-refractivity contribution is -0.142. The van der Waals surface area contributed by atoms with Gasteiger partial charge in [0.05, 0.1) is 18.8 Å². The van der Waals surface area contributed by atoms with Crippen molar-refractivity contribution in [3.63, 3.8) is 0 Å². The van der Waals surface area contributed by atoms with E-state index in [-0.39, 0.29) is 5.92 Å². The molecule has 0 aliphatic carbocycles. The average molecular weight is 266 g/mol. The highest BCUT2D eigenvalue weighted by Gasteiger charge is 2.43. The number of carbonyl (C=O) groups excluding carboxylic acids is 1. The summed E-state index contributed by atoms with van der Waals surface area (Å²) in [5.41, 5.74) is 4.42. The number of hydrogen-bond donors (Lipinski definition) is 3. The van der Waals surface area contributed by atoms with Crippen molar-refractivity contribution in [2.45, 2.75) is 32.4 Å². The van der Waals surface area contributed by atoms with E-state index >= 15 is 0 Å². The minimum Gasteiger partial charge on any atom is -0.495 e. The number of amides is 1. The first-order valence-electron chi connectivity index (χ1n) is 6.25. The number of nitrogens with one attached hydrogen (secondary N) is 1. The average Bonchev–Trinajstić information content (AvgIpc) is 2.37. The van der Waals surface area contributed by atoms with Crippen molar-refractivity contribution < 1.29 is 14.6 Å². The Labute approximate surface area is 113 Å². The molecule has 0 saturated heterocycles. The Hall–Kier alpha value is -1.75. The summed E-state index contributed by atoms with van der Waals surface area (Å²) in [6.45, 7) is 5.23. The molecule has 5 heteroatoms. The number of anilines is 1. The van der Waals surface area contributed by atoms with Gasteiger partial charge in [0.15, 0.2) is 5.60 Å². The molecule has 19 heavy (non-hydrogen) atoms. The third-order valence-corrected chi connectivity index (χ3v) is 3.41. The number of ether oxygens (including phenoxy) is 1. The number of carbonyl (C=O) groups is 1. The smallest absolute Gasteiger partial charge is 0.251 e. The van der Waals surface area contributed by atoms with Crippen LogP contribution in [0.15, 0.2) is 24.3 Å². The van der Waals surface area contributed by atoms with E-state index in [1.54, 1.807) is 33.9 Å². The zero-order chi connectivity index (χ0) is 14.6. The van der Waals surface area contributed by atoms with Gasteiger partial charge in [-0.15, -0.1) is 0 Å². The first-order valence-corrected chi connectivity index (χ1v) is 6.25. The van der Waals surface area contributed by atoms with Gasteiger partial charge in [-0.3, -0.25) is 4.79 Å². The number of primary amides is 1. The highest BCUT2D eigenvalue weighted by atomic mass is 16.5. The van der Waals surface area contributed by atoms with Crippen LogP contribution in [0, 0.1) is 5.92 Å². The van der Waals surface area contributed by atoms with Gasteiger partial charge in [-0.1, -0.05) is 26.0 Å². The summed E-state index contributed by atoms with van der Waals surface area (Å²) in [6, 6.07) is 6.76. The fourth-order valence-electron chi connectivity index (χ4n) is 2.11. The van der Waals surface area contributed by atoms with Gasteiger partial charge in [-0.25, -0.2) is 0 Å². The topological polar surface area (TPSA) is 84.6 Å². The van der Waals surface area contributed by atoms with Gasteiger partial charge < -0.3 is 20.9 Å². The molecule has 1 aromatic rings. The molecule has 0 radical (unpaired) electrons. The number of benzene rings is 1. The quantitative estimate of drug-likeness (QED) is 0.726. The largest absolute Gasteiger partial charge is 0.495 e. The normalized spacial score (nSPS) is 15.7. The molecule has 0 heterocycles. The van der Waals surface area contributed by atoms with E-state index in [1.807, 2.05) is 18.2 Å². The SMILES string of the molecule is COc1ccccc1NC(C)C(O)(C(N)=O)C(C)C. The van der Waals surface area contributed by atoms with Crippen molar-refractivity contribution in [3.8, 4) is 5.75 Å². The van der Waals surface area contributed by atoms with Crippen LogP contribution in [0.3, 0.4) is 0 Å². The minimum absolute atomic E-state index is 0.304. The predicted octanol–water partition coefficient (Wildman–Crippen LogP) is 1.37. The number of para-hydroxylation sites is 2. The summed E-state index contributed by atoms with van der Waals surface area (Å²) in [5.74, 6) is -0.399. The molecule has 4 N–H and O–H groups in total. The molecule has 0 aliphatic rings. The zero-order valence-corrected chi connectivity index (χ0v) is 11.8. The molecule has 0 aliphatic heterocycles. The maximum atomic E-state index is 11.5. The molecule has 0 spiro atoms. The van der Waals surface area contributed by atoms with E-state index < -0.39 is 17.6 Å². The van der Waals surface area contributed by atoms with Crippen LogP contribution in [0.4, 0.5) is 5.69 Å².